The van der Waals surface area contributed by atoms with Crippen LogP contribution in [-0.4, -0.2) is 24.5 Å². The third-order valence-corrected chi connectivity index (χ3v) is 1.89. The minimum absolute atomic E-state index is 0.00438. The summed E-state index contributed by atoms with van der Waals surface area (Å²) in [5.74, 6) is -0.204. The van der Waals surface area contributed by atoms with Gasteiger partial charge in [-0.1, -0.05) is 20.8 Å². The molecule has 1 N–H and O–H groups in total. The second-order valence-corrected chi connectivity index (χ2v) is 5.15. The van der Waals surface area contributed by atoms with Gasteiger partial charge in [0.2, 0.25) is 5.91 Å². The first kappa shape index (κ1) is 14.9. The van der Waals surface area contributed by atoms with Gasteiger partial charge in [0, 0.05) is 18.4 Å². The quantitative estimate of drug-likeness (QED) is 0.578. The second kappa shape index (κ2) is 6.51. The van der Waals surface area contributed by atoms with E-state index in [9.17, 15) is 9.59 Å². The Bertz CT molecular complexity index is 241. The van der Waals surface area contributed by atoms with Crippen molar-refractivity contribution in [3.8, 4) is 0 Å². The van der Waals surface area contributed by atoms with Gasteiger partial charge in [-0.2, -0.15) is 0 Å². The smallest absolute Gasteiger partial charge is 0.306 e. The van der Waals surface area contributed by atoms with Gasteiger partial charge in [-0.3, -0.25) is 9.59 Å². The van der Waals surface area contributed by atoms with Gasteiger partial charge >= 0.3 is 5.97 Å². The van der Waals surface area contributed by atoms with Crippen LogP contribution in [0.4, 0.5) is 0 Å². The highest BCUT2D eigenvalue weighted by atomic mass is 16.5. The molecule has 0 heterocycles. The maximum Gasteiger partial charge on any atom is 0.306 e. The number of amides is 1. The molecule has 0 aliphatic rings. The molecule has 0 saturated carbocycles. The summed E-state index contributed by atoms with van der Waals surface area (Å²) >= 11 is 0. The lowest BCUT2D eigenvalue weighted by Gasteiger charge is -2.17. The molecule has 0 atom stereocenters. The summed E-state index contributed by atoms with van der Waals surface area (Å²) in [6.45, 7) is 9.72. The molecule has 0 saturated heterocycles. The molecular weight excluding hydrogens is 206 g/mol. The fourth-order valence-corrected chi connectivity index (χ4v) is 1.02. The average Bonchev–Trinajstić information content (AvgIpc) is 2.09. The molecule has 0 aromatic heterocycles. The van der Waals surface area contributed by atoms with Crippen LogP contribution in [0.3, 0.4) is 0 Å². The largest absolute Gasteiger partial charge is 0.463 e. The molecule has 0 bridgehead atoms. The summed E-state index contributed by atoms with van der Waals surface area (Å²) in [6, 6.07) is 0. The normalized spacial score (nSPS) is 11.4. The van der Waals surface area contributed by atoms with Crippen molar-refractivity contribution in [2.45, 2.75) is 53.6 Å². The van der Waals surface area contributed by atoms with E-state index in [2.05, 4.69) is 5.32 Å². The van der Waals surface area contributed by atoms with Gasteiger partial charge in [-0.15, -0.1) is 0 Å². The maximum atomic E-state index is 11.5. The van der Waals surface area contributed by atoms with Gasteiger partial charge in [0.15, 0.2) is 0 Å². The summed E-state index contributed by atoms with van der Waals surface area (Å²) in [6.07, 6.45) is 0.896. The van der Waals surface area contributed by atoms with Crippen molar-refractivity contribution in [1.82, 2.24) is 5.32 Å². The maximum absolute atomic E-state index is 11.5. The molecule has 0 aliphatic carbocycles. The van der Waals surface area contributed by atoms with Crippen molar-refractivity contribution in [2.24, 2.45) is 5.41 Å². The van der Waals surface area contributed by atoms with Crippen molar-refractivity contribution >= 4 is 11.9 Å². The Kier molecular flexibility index (Phi) is 6.08. The Morgan fingerprint density at radius 1 is 1.25 bits per heavy atom. The number of hydrogen-bond donors (Lipinski definition) is 1. The summed E-state index contributed by atoms with van der Waals surface area (Å²) < 4.78 is 4.97. The van der Waals surface area contributed by atoms with Gasteiger partial charge in [0.25, 0.3) is 0 Å². The van der Waals surface area contributed by atoms with Crippen LogP contribution in [0.25, 0.3) is 0 Å². The van der Waals surface area contributed by atoms with Crippen molar-refractivity contribution in [2.75, 3.05) is 6.54 Å². The second-order valence-electron chi connectivity index (χ2n) is 5.15. The molecule has 0 spiro atoms. The lowest BCUT2D eigenvalue weighted by atomic mass is 9.96. The van der Waals surface area contributed by atoms with Crippen LogP contribution < -0.4 is 5.32 Å². The molecular formula is C12H23NO3. The summed E-state index contributed by atoms with van der Waals surface area (Å²) in [5, 5.41) is 2.78. The van der Waals surface area contributed by atoms with E-state index in [1.54, 1.807) is 0 Å². The lowest BCUT2D eigenvalue weighted by molar-refractivity contribution is -0.147. The number of ether oxygens (including phenoxy) is 1. The predicted molar refractivity (Wildman–Crippen MR) is 62.9 cm³/mol. The van der Waals surface area contributed by atoms with Crippen LogP contribution in [0.5, 0.6) is 0 Å². The Morgan fingerprint density at radius 2 is 1.81 bits per heavy atom. The summed E-state index contributed by atoms with van der Waals surface area (Å²) in [5.41, 5.74) is -0.377. The molecule has 4 nitrogen and oxygen atoms in total. The minimum Gasteiger partial charge on any atom is -0.463 e. The van der Waals surface area contributed by atoms with E-state index in [1.165, 1.54) is 0 Å². The molecule has 16 heavy (non-hydrogen) atoms. The van der Waals surface area contributed by atoms with Crippen molar-refractivity contribution in [3.63, 3.8) is 0 Å². The van der Waals surface area contributed by atoms with Crippen LogP contribution >= 0.6 is 0 Å². The van der Waals surface area contributed by atoms with E-state index in [0.29, 0.717) is 19.4 Å². The molecule has 0 fully saturated rings. The topological polar surface area (TPSA) is 55.4 Å². The summed E-state index contributed by atoms with van der Waals surface area (Å²) in [4.78, 5) is 22.6. The molecule has 0 aromatic rings. The van der Waals surface area contributed by atoms with Crippen LogP contribution in [0, 0.1) is 5.41 Å². The van der Waals surface area contributed by atoms with Crippen molar-refractivity contribution < 1.29 is 14.3 Å². The molecule has 0 unspecified atom stereocenters. The zero-order valence-corrected chi connectivity index (χ0v) is 10.9. The molecule has 0 radical (unpaired) electrons. The van der Waals surface area contributed by atoms with Crippen molar-refractivity contribution in [1.29, 1.82) is 0 Å². The van der Waals surface area contributed by atoms with Gasteiger partial charge in [-0.25, -0.2) is 0 Å². The third kappa shape index (κ3) is 7.26. The number of nitrogens with one attached hydrogen (secondary N) is 1. The highest BCUT2D eigenvalue weighted by molar-refractivity contribution is 5.81. The van der Waals surface area contributed by atoms with Crippen molar-refractivity contribution in [3.05, 3.63) is 0 Å². The van der Waals surface area contributed by atoms with E-state index in [1.807, 2.05) is 34.6 Å². The number of hydrogen-bond acceptors (Lipinski definition) is 3. The Balaban J connectivity index is 3.62. The zero-order chi connectivity index (χ0) is 12.8. The third-order valence-electron chi connectivity index (χ3n) is 1.89. The Labute approximate surface area is 97.7 Å². The van der Waals surface area contributed by atoms with E-state index < -0.39 is 0 Å². The van der Waals surface area contributed by atoms with Crippen LogP contribution in [0.1, 0.15) is 47.5 Å². The number of carbonyl (C=O) groups excluding carboxylic acids is 2. The Morgan fingerprint density at radius 3 is 2.25 bits per heavy atom. The molecule has 94 valence electrons. The SMILES string of the molecule is CC(C)OC(=O)CCCNC(=O)C(C)(C)C. The first-order valence-electron chi connectivity index (χ1n) is 5.71. The number of carbonyl (C=O) groups is 2. The van der Waals surface area contributed by atoms with E-state index in [4.69, 9.17) is 4.74 Å². The molecule has 4 heteroatoms. The van der Waals surface area contributed by atoms with E-state index in [0.717, 1.165) is 0 Å². The van der Waals surface area contributed by atoms with Crippen LogP contribution in [0.2, 0.25) is 0 Å². The van der Waals surface area contributed by atoms with Crippen LogP contribution in [0.15, 0.2) is 0 Å². The molecule has 0 aliphatic heterocycles. The van der Waals surface area contributed by atoms with Crippen LogP contribution in [-0.2, 0) is 14.3 Å². The molecule has 1 amide bonds. The van der Waals surface area contributed by atoms with Gasteiger partial charge in [-0.05, 0) is 20.3 Å². The number of esters is 1. The lowest BCUT2D eigenvalue weighted by Crippen LogP contribution is -2.35. The van der Waals surface area contributed by atoms with Gasteiger partial charge in [0.05, 0.1) is 6.10 Å². The average molecular weight is 229 g/mol. The van der Waals surface area contributed by atoms with Gasteiger partial charge in [0.1, 0.15) is 0 Å². The minimum atomic E-state index is -0.377. The first-order chi connectivity index (χ1) is 7.23. The molecule has 0 rings (SSSR count). The fourth-order valence-electron chi connectivity index (χ4n) is 1.02. The monoisotopic (exact) mass is 229 g/mol. The van der Waals surface area contributed by atoms with E-state index in [-0.39, 0.29) is 23.4 Å². The van der Waals surface area contributed by atoms with Gasteiger partial charge < -0.3 is 10.1 Å². The molecule has 0 aromatic carbocycles. The predicted octanol–water partition coefficient (Wildman–Crippen LogP) is 1.88. The zero-order valence-electron chi connectivity index (χ0n) is 10.9. The summed E-state index contributed by atoms with van der Waals surface area (Å²) in [7, 11) is 0. The van der Waals surface area contributed by atoms with E-state index >= 15 is 0 Å². The fraction of sp³-hybridized carbons (Fsp3) is 0.833. The highest BCUT2D eigenvalue weighted by Gasteiger charge is 2.20. The Hall–Kier alpha value is -1.06. The highest BCUT2D eigenvalue weighted by Crippen LogP contribution is 2.12. The standard InChI is InChI=1S/C12H23NO3/c1-9(2)16-10(14)7-6-8-13-11(15)12(3,4)5/h9H,6-8H2,1-5H3,(H,13,15). The first-order valence-corrected chi connectivity index (χ1v) is 5.71. The number of rotatable bonds is 5.